The van der Waals surface area contributed by atoms with Gasteiger partial charge in [0.25, 0.3) is 0 Å². The number of benzene rings is 1. The van der Waals surface area contributed by atoms with Gasteiger partial charge >= 0.3 is 0 Å². The third-order valence-corrected chi connectivity index (χ3v) is 1.92. The highest BCUT2D eigenvalue weighted by Gasteiger charge is 1.92. The highest BCUT2D eigenvalue weighted by atomic mass is 35.5. The molecule has 13 heavy (non-hydrogen) atoms. The molecule has 1 aromatic rings. The van der Waals surface area contributed by atoms with Crippen molar-refractivity contribution >= 4 is 11.6 Å². The minimum atomic E-state index is 0.524. The van der Waals surface area contributed by atoms with Gasteiger partial charge in [0, 0.05) is 5.54 Å². The lowest BCUT2D eigenvalue weighted by molar-refractivity contribution is 0.362. The topological polar surface area (TPSA) is 9.23 Å². The maximum atomic E-state index is 5.42. The van der Waals surface area contributed by atoms with Gasteiger partial charge in [-0.25, -0.2) is 0 Å². The highest BCUT2D eigenvalue weighted by molar-refractivity contribution is 6.25. The number of ether oxygens (including phenoxy) is 1. The maximum absolute atomic E-state index is 5.42. The minimum absolute atomic E-state index is 0.524. The van der Waals surface area contributed by atoms with Crippen LogP contribution in [0.3, 0.4) is 0 Å². The fourth-order valence-electron chi connectivity index (χ4n) is 1.04. The first-order valence-electron chi connectivity index (χ1n) is 4.33. The molecule has 1 aromatic carbocycles. The van der Waals surface area contributed by atoms with E-state index in [4.69, 9.17) is 16.3 Å². The molecule has 0 unspecified atom stereocenters. The van der Waals surface area contributed by atoms with Gasteiger partial charge in [-0.15, -0.1) is 0 Å². The van der Waals surface area contributed by atoms with Crippen LogP contribution in [-0.4, -0.2) is 6.61 Å². The summed E-state index contributed by atoms with van der Waals surface area (Å²) >= 11 is 5.37. The van der Waals surface area contributed by atoms with Crippen molar-refractivity contribution in [2.75, 3.05) is 6.61 Å². The maximum Gasteiger partial charge on any atom is 0.120 e. The second-order valence-electron chi connectivity index (χ2n) is 2.67. The highest BCUT2D eigenvalue weighted by Crippen LogP contribution is 2.13. The van der Waals surface area contributed by atoms with Gasteiger partial charge in [-0.1, -0.05) is 30.7 Å². The Morgan fingerprint density at radius 2 is 2.31 bits per heavy atom. The van der Waals surface area contributed by atoms with Crippen molar-refractivity contribution in [3.05, 3.63) is 41.4 Å². The number of hydrogen-bond acceptors (Lipinski definition) is 1. The Hall–Kier alpha value is -0.950. The van der Waals surface area contributed by atoms with Gasteiger partial charge in [-0.3, -0.25) is 0 Å². The quantitative estimate of drug-likeness (QED) is 0.718. The van der Waals surface area contributed by atoms with Gasteiger partial charge in [0.15, 0.2) is 0 Å². The zero-order valence-corrected chi connectivity index (χ0v) is 8.42. The van der Waals surface area contributed by atoms with E-state index in [-0.39, 0.29) is 0 Å². The van der Waals surface area contributed by atoms with Gasteiger partial charge in [0.05, 0.1) is 0 Å². The van der Waals surface area contributed by atoms with Gasteiger partial charge in [-0.05, 0) is 30.2 Å². The first-order chi connectivity index (χ1) is 6.36. The summed E-state index contributed by atoms with van der Waals surface area (Å²) in [6, 6.07) is 8.08. The van der Waals surface area contributed by atoms with Crippen molar-refractivity contribution in [3.63, 3.8) is 0 Å². The lowest BCUT2D eigenvalue weighted by atomic mass is 10.2. The summed E-state index contributed by atoms with van der Waals surface area (Å²) in [5.41, 5.74) is 2.75. The zero-order valence-electron chi connectivity index (χ0n) is 7.66. The van der Waals surface area contributed by atoms with Crippen molar-refractivity contribution in [3.8, 4) is 5.75 Å². The summed E-state index contributed by atoms with van der Waals surface area (Å²) in [5.74, 6) is 0.897. The second kappa shape index (κ2) is 5.65. The monoisotopic (exact) mass is 196 g/mol. The van der Waals surface area contributed by atoms with E-state index >= 15 is 0 Å². The molecular formula is C11H13ClO. The average Bonchev–Trinajstić information content (AvgIpc) is 2.19. The van der Waals surface area contributed by atoms with Crippen molar-refractivity contribution in [2.24, 2.45) is 0 Å². The van der Waals surface area contributed by atoms with Crippen LogP contribution < -0.4 is 4.74 Å². The standard InChI is InChI=1S/C11H13ClO/c1-2-10-5-3-6-11(9-10)13-8-4-7-12/h3-7,9H,2,8H2,1H3. The van der Waals surface area contributed by atoms with Crippen LogP contribution >= 0.6 is 11.6 Å². The average molecular weight is 197 g/mol. The van der Waals surface area contributed by atoms with Crippen LogP contribution in [0.2, 0.25) is 0 Å². The van der Waals surface area contributed by atoms with Gasteiger partial charge in [0.2, 0.25) is 0 Å². The van der Waals surface area contributed by atoms with Crippen LogP contribution in [0.5, 0.6) is 5.75 Å². The van der Waals surface area contributed by atoms with Crippen LogP contribution in [0.15, 0.2) is 35.9 Å². The third-order valence-electron chi connectivity index (χ3n) is 1.74. The summed E-state index contributed by atoms with van der Waals surface area (Å²) < 4.78 is 5.42. The first-order valence-corrected chi connectivity index (χ1v) is 4.77. The van der Waals surface area contributed by atoms with Crippen LogP contribution in [0.4, 0.5) is 0 Å². The van der Waals surface area contributed by atoms with Crippen LogP contribution in [0.1, 0.15) is 12.5 Å². The fourth-order valence-corrected chi connectivity index (χ4v) is 1.11. The summed E-state index contributed by atoms with van der Waals surface area (Å²) in [4.78, 5) is 0. The Morgan fingerprint density at radius 3 is 3.00 bits per heavy atom. The van der Waals surface area contributed by atoms with E-state index in [1.54, 1.807) is 6.08 Å². The molecule has 0 saturated carbocycles. The molecule has 0 aromatic heterocycles. The molecule has 0 fully saturated rings. The summed E-state index contributed by atoms with van der Waals surface area (Å²) in [6.07, 6.45) is 2.79. The molecule has 2 heteroatoms. The molecule has 0 N–H and O–H groups in total. The van der Waals surface area contributed by atoms with Crippen molar-refractivity contribution < 1.29 is 4.74 Å². The van der Waals surface area contributed by atoms with Crippen LogP contribution in [0.25, 0.3) is 0 Å². The van der Waals surface area contributed by atoms with Gasteiger partial charge in [0.1, 0.15) is 12.4 Å². The fraction of sp³-hybridized carbons (Fsp3) is 0.273. The molecule has 0 spiro atoms. The molecule has 0 radical (unpaired) electrons. The Kier molecular flexibility index (Phi) is 4.41. The molecule has 1 nitrogen and oxygen atoms in total. The molecule has 1 rings (SSSR count). The Labute approximate surface area is 84.0 Å². The Balaban J connectivity index is 2.56. The Bertz CT molecular complexity index is 281. The smallest absolute Gasteiger partial charge is 0.120 e. The largest absolute Gasteiger partial charge is 0.489 e. The van der Waals surface area contributed by atoms with Crippen LogP contribution in [0, 0.1) is 0 Å². The molecule has 0 heterocycles. The van der Waals surface area contributed by atoms with Gasteiger partial charge in [-0.2, -0.15) is 0 Å². The van der Waals surface area contributed by atoms with Crippen molar-refractivity contribution in [1.29, 1.82) is 0 Å². The van der Waals surface area contributed by atoms with E-state index in [2.05, 4.69) is 13.0 Å². The molecule has 0 bridgehead atoms. The lowest BCUT2D eigenvalue weighted by Gasteiger charge is -2.04. The normalized spacial score (nSPS) is 10.6. The number of halogens is 1. The zero-order chi connectivity index (χ0) is 9.52. The van der Waals surface area contributed by atoms with E-state index in [1.165, 1.54) is 11.1 Å². The molecule has 0 aliphatic carbocycles. The molecule has 70 valence electrons. The van der Waals surface area contributed by atoms with E-state index in [9.17, 15) is 0 Å². The second-order valence-corrected chi connectivity index (χ2v) is 2.93. The van der Waals surface area contributed by atoms with Crippen LogP contribution in [-0.2, 0) is 6.42 Å². The van der Waals surface area contributed by atoms with Gasteiger partial charge < -0.3 is 4.74 Å². The minimum Gasteiger partial charge on any atom is -0.489 e. The SMILES string of the molecule is CCc1cccc(OCC=CCl)c1. The summed E-state index contributed by atoms with van der Waals surface area (Å²) in [6.45, 7) is 2.65. The predicted molar refractivity (Wildman–Crippen MR) is 56.3 cm³/mol. The van der Waals surface area contributed by atoms with E-state index < -0.39 is 0 Å². The summed E-state index contributed by atoms with van der Waals surface area (Å²) in [5, 5.41) is 0. The third kappa shape index (κ3) is 3.51. The first kappa shape index (κ1) is 10.1. The molecule has 0 aliphatic heterocycles. The summed E-state index contributed by atoms with van der Waals surface area (Å²) in [7, 11) is 0. The Morgan fingerprint density at radius 1 is 1.46 bits per heavy atom. The van der Waals surface area contributed by atoms with E-state index in [0.29, 0.717) is 6.61 Å². The number of aryl methyl sites for hydroxylation is 1. The molecule has 0 saturated heterocycles. The molecule has 0 atom stereocenters. The van der Waals surface area contributed by atoms with Crippen molar-refractivity contribution in [2.45, 2.75) is 13.3 Å². The molecule has 0 aliphatic rings. The molecular weight excluding hydrogens is 184 g/mol. The van der Waals surface area contributed by atoms with E-state index in [0.717, 1.165) is 12.2 Å². The number of hydrogen-bond donors (Lipinski definition) is 0. The van der Waals surface area contributed by atoms with Crippen molar-refractivity contribution in [1.82, 2.24) is 0 Å². The van der Waals surface area contributed by atoms with E-state index in [1.807, 2.05) is 18.2 Å². The number of rotatable bonds is 4. The molecule has 0 amide bonds. The predicted octanol–water partition coefficient (Wildman–Crippen LogP) is 3.38. The lowest BCUT2D eigenvalue weighted by Crippen LogP contribution is -1.93.